The standard InChI is InChI=1S/C17H11F3N2O2S/c1-9(23)10-2-5-12(6-3-10)21-15(24)11-4-7-13-14(8-11)25-16(22-13)17(18,19)20/h2-8H,1H3,(H,21,24). The van der Waals surface area contributed by atoms with Gasteiger partial charge in [-0.2, -0.15) is 13.2 Å². The summed E-state index contributed by atoms with van der Waals surface area (Å²) in [7, 11) is 0. The van der Waals surface area contributed by atoms with E-state index >= 15 is 0 Å². The van der Waals surface area contributed by atoms with Gasteiger partial charge in [0, 0.05) is 16.8 Å². The number of hydrogen-bond donors (Lipinski definition) is 1. The summed E-state index contributed by atoms with van der Waals surface area (Å²) in [5, 5.41) is 1.69. The van der Waals surface area contributed by atoms with Crippen molar-refractivity contribution in [1.29, 1.82) is 0 Å². The fourth-order valence-corrected chi connectivity index (χ4v) is 3.05. The van der Waals surface area contributed by atoms with Gasteiger partial charge in [0.25, 0.3) is 5.91 Å². The molecular formula is C17H11F3N2O2S. The Bertz CT molecular complexity index is 962. The van der Waals surface area contributed by atoms with Crippen LogP contribution < -0.4 is 5.32 Å². The number of thiazole rings is 1. The zero-order chi connectivity index (χ0) is 18.2. The summed E-state index contributed by atoms with van der Waals surface area (Å²) in [6, 6.07) is 10.5. The van der Waals surface area contributed by atoms with E-state index in [1.54, 1.807) is 24.3 Å². The van der Waals surface area contributed by atoms with Crippen LogP contribution >= 0.6 is 11.3 Å². The van der Waals surface area contributed by atoms with E-state index < -0.39 is 17.1 Å². The molecule has 1 N–H and O–H groups in total. The van der Waals surface area contributed by atoms with Gasteiger partial charge in [0.15, 0.2) is 10.8 Å². The first-order valence-corrected chi connectivity index (χ1v) is 7.96. The minimum atomic E-state index is -4.51. The van der Waals surface area contributed by atoms with Crippen molar-refractivity contribution in [3.63, 3.8) is 0 Å². The van der Waals surface area contributed by atoms with E-state index in [0.29, 0.717) is 22.6 Å². The second-order valence-corrected chi connectivity index (χ2v) is 6.32. The number of aromatic nitrogens is 1. The first kappa shape index (κ1) is 17.1. The predicted octanol–water partition coefficient (Wildman–Crippen LogP) is 4.77. The predicted molar refractivity (Wildman–Crippen MR) is 89.0 cm³/mol. The molecular weight excluding hydrogens is 353 g/mol. The van der Waals surface area contributed by atoms with Crippen LogP contribution in [0.3, 0.4) is 0 Å². The Balaban J connectivity index is 1.83. The SMILES string of the molecule is CC(=O)c1ccc(NC(=O)c2ccc3nc(C(F)(F)F)sc3c2)cc1. The second kappa shape index (κ2) is 6.29. The number of halogens is 3. The third-order valence-corrected chi connectivity index (χ3v) is 4.51. The van der Waals surface area contributed by atoms with Crippen molar-refractivity contribution in [2.75, 3.05) is 5.32 Å². The highest BCUT2D eigenvalue weighted by atomic mass is 32.1. The summed E-state index contributed by atoms with van der Waals surface area (Å²) in [6.07, 6.45) is -4.51. The highest BCUT2D eigenvalue weighted by Crippen LogP contribution is 2.35. The summed E-state index contributed by atoms with van der Waals surface area (Å²) in [5.41, 5.74) is 1.42. The van der Waals surface area contributed by atoms with E-state index in [9.17, 15) is 22.8 Å². The molecule has 0 aliphatic rings. The van der Waals surface area contributed by atoms with Gasteiger partial charge in [-0.15, -0.1) is 11.3 Å². The number of nitrogens with one attached hydrogen (secondary N) is 1. The molecule has 0 saturated carbocycles. The normalized spacial score (nSPS) is 11.5. The maximum atomic E-state index is 12.7. The number of anilines is 1. The maximum absolute atomic E-state index is 12.7. The second-order valence-electron chi connectivity index (χ2n) is 5.29. The Morgan fingerprint density at radius 2 is 1.68 bits per heavy atom. The van der Waals surface area contributed by atoms with E-state index in [1.807, 2.05) is 0 Å². The van der Waals surface area contributed by atoms with Crippen LogP contribution in [0.1, 0.15) is 32.6 Å². The maximum Gasteiger partial charge on any atom is 0.443 e. The number of amides is 1. The number of hydrogen-bond acceptors (Lipinski definition) is 4. The first-order chi connectivity index (χ1) is 11.7. The Morgan fingerprint density at radius 1 is 1.04 bits per heavy atom. The van der Waals surface area contributed by atoms with Crippen molar-refractivity contribution in [1.82, 2.24) is 4.98 Å². The molecule has 0 radical (unpaired) electrons. The van der Waals surface area contributed by atoms with E-state index in [2.05, 4.69) is 10.3 Å². The summed E-state index contributed by atoms with van der Waals surface area (Å²) in [6.45, 7) is 1.44. The van der Waals surface area contributed by atoms with Gasteiger partial charge >= 0.3 is 6.18 Å². The molecule has 1 aromatic heterocycles. The van der Waals surface area contributed by atoms with Crippen molar-refractivity contribution < 1.29 is 22.8 Å². The molecule has 3 rings (SSSR count). The molecule has 0 fully saturated rings. The summed E-state index contributed by atoms with van der Waals surface area (Å²) in [5.74, 6) is -0.548. The topological polar surface area (TPSA) is 59.1 Å². The van der Waals surface area contributed by atoms with Crippen molar-refractivity contribution in [2.45, 2.75) is 13.1 Å². The van der Waals surface area contributed by atoms with E-state index in [-0.39, 0.29) is 21.6 Å². The molecule has 2 aromatic carbocycles. The fraction of sp³-hybridized carbons (Fsp3) is 0.118. The van der Waals surface area contributed by atoms with Crippen LogP contribution in [0, 0.1) is 0 Å². The van der Waals surface area contributed by atoms with Gasteiger partial charge in [-0.05, 0) is 49.4 Å². The van der Waals surface area contributed by atoms with Crippen molar-refractivity contribution in [3.05, 3.63) is 58.6 Å². The average molecular weight is 364 g/mol. The summed E-state index contributed by atoms with van der Waals surface area (Å²) < 4.78 is 38.4. The molecule has 0 saturated heterocycles. The van der Waals surface area contributed by atoms with Crippen LogP contribution in [0.4, 0.5) is 18.9 Å². The molecule has 25 heavy (non-hydrogen) atoms. The van der Waals surface area contributed by atoms with Crippen molar-refractivity contribution >= 4 is 38.9 Å². The van der Waals surface area contributed by atoms with Gasteiger partial charge in [0.1, 0.15) is 0 Å². The number of rotatable bonds is 3. The zero-order valence-corrected chi connectivity index (χ0v) is 13.7. The monoisotopic (exact) mass is 364 g/mol. The van der Waals surface area contributed by atoms with E-state index in [4.69, 9.17) is 0 Å². The third kappa shape index (κ3) is 3.69. The lowest BCUT2D eigenvalue weighted by atomic mass is 10.1. The lowest BCUT2D eigenvalue weighted by molar-refractivity contribution is -0.137. The molecule has 1 heterocycles. The lowest BCUT2D eigenvalue weighted by Crippen LogP contribution is -2.11. The number of carbonyl (C=O) groups is 2. The summed E-state index contributed by atoms with van der Waals surface area (Å²) >= 11 is 0.494. The molecule has 0 spiro atoms. The van der Waals surface area contributed by atoms with Gasteiger partial charge in [-0.25, -0.2) is 4.98 Å². The largest absolute Gasteiger partial charge is 0.443 e. The van der Waals surface area contributed by atoms with E-state index in [0.717, 1.165) is 0 Å². The van der Waals surface area contributed by atoms with Crippen LogP contribution in [0.25, 0.3) is 10.2 Å². The molecule has 8 heteroatoms. The van der Waals surface area contributed by atoms with Crippen molar-refractivity contribution in [3.8, 4) is 0 Å². The Morgan fingerprint density at radius 3 is 2.28 bits per heavy atom. The van der Waals surface area contributed by atoms with Crippen LogP contribution in [0.15, 0.2) is 42.5 Å². The zero-order valence-electron chi connectivity index (χ0n) is 12.8. The number of Topliss-reactive ketones (excluding diaryl/α,β-unsaturated/α-hetero) is 1. The van der Waals surface area contributed by atoms with Crippen LogP contribution in [-0.4, -0.2) is 16.7 Å². The molecule has 3 aromatic rings. The number of nitrogens with zero attached hydrogens (tertiary/aromatic N) is 1. The Kier molecular flexibility index (Phi) is 4.30. The molecule has 128 valence electrons. The van der Waals surface area contributed by atoms with Gasteiger partial charge in [-0.1, -0.05) is 0 Å². The number of ketones is 1. The molecule has 0 bridgehead atoms. The average Bonchev–Trinajstić information content (AvgIpc) is 2.98. The molecule has 0 atom stereocenters. The summed E-state index contributed by atoms with van der Waals surface area (Å²) in [4.78, 5) is 27.0. The number of benzene rings is 2. The minimum Gasteiger partial charge on any atom is -0.322 e. The van der Waals surface area contributed by atoms with Gasteiger partial charge in [0.05, 0.1) is 10.2 Å². The number of alkyl halides is 3. The first-order valence-electron chi connectivity index (χ1n) is 7.14. The molecule has 0 aliphatic heterocycles. The van der Waals surface area contributed by atoms with Crippen LogP contribution in [0.5, 0.6) is 0 Å². The quantitative estimate of drug-likeness (QED) is 0.681. The number of carbonyl (C=O) groups excluding carboxylic acids is 2. The van der Waals surface area contributed by atoms with E-state index in [1.165, 1.54) is 25.1 Å². The lowest BCUT2D eigenvalue weighted by Gasteiger charge is -2.06. The van der Waals surface area contributed by atoms with Gasteiger partial charge in [0.2, 0.25) is 0 Å². The molecule has 4 nitrogen and oxygen atoms in total. The molecule has 0 unspecified atom stereocenters. The van der Waals surface area contributed by atoms with Crippen molar-refractivity contribution in [2.24, 2.45) is 0 Å². The molecule has 0 aliphatic carbocycles. The number of fused-ring (bicyclic) bond motifs is 1. The van der Waals surface area contributed by atoms with Gasteiger partial charge in [-0.3, -0.25) is 9.59 Å². The van der Waals surface area contributed by atoms with Gasteiger partial charge < -0.3 is 5.32 Å². The minimum absolute atomic E-state index is 0.0889. The van der Waals surface area contributed by atoms with Crippen LogP contribution in [0.2, 0.25) is 0 Å². The highest BCUT2D eigenvalue weighted by Gasteiger charge is 2.34. The molecule has 1 amide bonds. The Hall–Kier alpha value is -2.74. The fourth-order valence-electron chi connectivity index (χ4n) is 2.18. The smallest absolute Gasteiger partial charge is 0.322 e. The highest BCUT2D eigenvalue weighted by molar-refractivity contribution is 7.18. The third-order valence-electron chi connectivity index (χ3n) is 3.44. The van der Waals surface area contributed by atoms with Crippen LogP contribution in [-0.2, 0) is 6.18 Å². The Labute approximate surface area is 144 Å².